The predicted octanol–water partition coefficient (Wildman–Crippen LogP) is 6.71. The van der Waals surface area contributed by atoms with Crippen LogP contribution in [0.5, 0.6) is 5.75 Å². The van der Waals surface area contributed by atoms with Crippen LogP contribution in [0.25, 0.3) is 0 Å². The first kappa shape index (κ1) is 20.8. The summed E-state index contributed by atoms with van der Waals surface area (Å²) in [5.41, 5.74) is 1.37. The highest BCUT2D eigenvalue weighted by Crippen LogP contribution is 2.24. The van der Waals surface area contributed by atoms with Gasteiger partial charge in [0.05, 0.1) is 6.54 Å². The van der Waals surface area contributed by atoms with Gasteiger partial charge in [-0.1, -0.05) is 35.3 Å². The van der Waals surface area contributed by atoms with Crippen molar-refractivity contribution >= 4 is 40.7 Å². The van der Waals surface area contributed by atoms with Crippen LogP contribution in [0.2, 0.25) is 10.2 Å². The van der Waals surface area contributed by atoms with Gasteiger partial charge >= 0.3 is 6.36 Å². The van der Waals surface area contributed by atoms with Gasteiger partial charge in [0.25, 0.3) is 5.95 Å². The average molecular weight is 442 g/mol. The Hall–Kier alpha value is -2.91. The highest BCUT2D eigenvalue weighted by Gasteiger charge is 2.30. The zero-order valence-corrected chi connectivity index (χ0v) is 16.0. The molecule has 0 saturated heterocycles. The van der Waals surface area contributed by atoms with Gasteiger partial charge in [-0.2, -0.15) is 15.1 Å². The van der Waals surface area contributed by atoms with E-state index in [1.54, 1.807) is 24.3 Å². The summed E-state index contributed by atoms with van der Waals surface area (Å²) in [4.78, 5) is 8.15. The number of nitrogens with zero attached hydrogens (tertiary/aromatic N) is 4. The van der Waals surface area contributed by atoms with Crippen molar-refractivity contribution < 1.29 is 17.9 Å². The van der Waals surface area contributed by atoms with Crippen LogP contribution in [-0.2, 0) is 6.54 Å². The Bertz CT molecular complexity index is 996. The number of aromatic nitrogens is 2. The Labute approximate surface area is 173 Å². The maximum Gasteiger partial charge on any atom is 0.573 e. The summed E-state index contributed by atoms with van der Waals surface area (Å²) in [7, 11) is 0. The summed E-state index contributed by atoms with van der Waals surface area (Å²) in [6.07, 6.45) is -4.73. The van der Waals surface area contributed by atoms with E-state index >= 15 is 0 Å². The monoisotopic (exact) mass is 441 g/mol. The average Bonchev–Trinajstić information content (AvgIpc) is 2.63. The van der Waals surface area contributed by atoms with Crippen molar-refractivity contribution in [3.8, 4) is 5.75 Å². The normalized spacial score (nSPS) is 11.6. The third kappa shape index (κ3) is 6.88. The third-order valence-corrected chi connectivity index (χ3v) is 3.82. The van der Waals surface area contributed by atoms with E-state index in [0.29, 0.717) is 16.4 Å². The summed E-state index contributed by atoms with van der Waals surface area (Å²) in [5, 5.41) is 11.7. The molecular formula is C18H12Cl2F3N5O. The minimum absolute atomic E-state index is 0.0333. The van der Waals surface area contributed by atoms with E-state index in [0.717, 1.165) is 5.69 Å². The molecule has 11 heteroatoms. The largest absolute Gasteiger partial charge is 0.573 e. The van der Waals surface area contributed by atoms with Gasteiger partial charge in [0.1, 0.15) is 16.7 Å². The maximum atomic E-state index is 12.2. The topological polar surface area (TPSA) is 71.8 Å². The molecule has 0 fully saturated rings. The molecule has 1 N–H and O–H groups in total. The number of benzene rings is 2. The second-order valence-electron chi connectivity index (χ2n) is 5.60. The quantitative estimate of drug-likeness (QED) is 0.340. The maximum absolute atomic E-state index is 12.2. The van der Waals surface area contributed by atoms with Crippen LogP contribution in [0.1, 0.15) is 5.56 Å². The zero-order chi connectivity index (χ0) is 20.9. The van der Waals surface area contributed by atoms with Gasteiger partial charge in [0.2, 0.25) is 0 Å². The van der Waals surface area contributed by atoms with E-state index in [-0.39, 0.29) is 23.4 Å². The molecule has 0 saturated carbocycles. The molecule has 0 atom stereocenters. The lowest BCUT2D eigenvalue weighted by Gasteiger charge is -2.08. The number of ether oxygens (including phenoxy) is 1. The standard InChI is InChI=1S/C18H12Cl2F3N5O/c19-12-3-5-13(6-4-12)25-16-9-15(20)26-17(27-16)28-24-10-11-1-7-14(8-2-11)29-18(21,22)23/h1-9H,10H2,(H,25,26,27). The first-order chi connectivity index (χ1) is 13.8. The molecule has 0 unspecified atom stereocenters. The number of alkyl halides is 3. The second kappa shape index (κ2) is 9.06. The first-order valence-electron chi connectivity index (χ1n) is 8.06. The van der Waals surface area contributed by atoms with Crippen molar-refractivity contribution in [1.82, 2.24) is 9.97 Å². The van der Waals surface area contributed by atoms with Crippen molar-refractivity contribution in [1.29, 1.82) is 0 Å². The van der Waals surface area contributed by atoms with Crippen LogP contribution in [0.15, 0.2) is 64.8 Å². The van der Waals surface area contributed by atoms with Gasteiger partial charge < -0.3 is 10.1 Å². The molecule has 0 aliphatic heterocycles. The van der Waals surface area contributed by atoms with Crippen molar-refractivity contribution in [3.63, 3.8) is 0 Å². The fraction of sp³-hybridized carbons (Fsp3) is 0.111. The van der Waals surface area contributed by atoms with Gasteiger partial charge in [-0.3, -0.25) is 0 Å². The second-order valence-corrected chi connectivity index (χ2v) is 6.42. The molecule has 0 amide bonds. The van der Waals surface area contributed by atoms with Crippen molar-refractivity contribution in [2.24, 2.45) is 10.2 Å². The van der Waals surface area contributed by atoms with Crippen LogP contribution in [0, 0.1) is 0 Å². The Morgan fingerprint density at radius 3 is 2.31 bits per heavy atom. The lowest BCUT2D eigenvalue weighted by molar-refractivity contribution is -0.274. The molecule has 0 bridgehead atoms. The van der Waals surface area contributed by atoms with Crippen LogP contribution >= 0.6 is 23.2 Å². The van der Waals surface area contributed by atoms with E-state index in [2.05, 4.69) is 30.3 Å². The van der Waals surface area contributed by atoms with Crippen LogP contribution in [0.4, 0.5) is 30.6 Å². The molecule has 2 aromatic carbocycles. The SMILES string of the molecule is FC(F)(F)Oc1ccc(CN=Nc2nc(Cl)cc(Nc3ccc(Cl)cc3)n2)cc1. The molecule has 29 heavy (non-hydrogen) atoms. The molecule has 0 radical (unpaired) electrons. The summed E-state index contributed by atoms with van der Waals surface area (Å²) < 4.78 is 40.3. The Morgan fingerprint density at radius 2 is 1.66 bits per heavy atom. The van der Waals surface area contributed by atoms with Gasteiger partial charge in [-0.25, -0.2) is 0 Å². The fourth-order valence-corrected chi connectivity index (χ4v) is 2.48. The predicted molar refractivity (Wildman–Crippen MR) is 103 cm³/mol. The molecule has 150 valence electrons. The van der Waals surface area contributed by atoms with Crippen LogP contribution < -0.4 is 10.1 Å². The van der Waals surface area contributed by atoms with E-state index < -0.39 is 6.36 Å². The lowest BCUT2D eigenvalue weighted by atomic mass is 10.2. The number of nitrogens with one attached hydrogen (secondary N) is 1. The highest BCUT2D eigenvalue weighted by molar-refractivity contribution is 6.30. The van der Waals surface area contributed by atoms with Crippen LogP contribution in [0.3, 0.4) is 0 Å². The first-order valence-corrected chi connectivity index (χ1v) is 8.82. The van der Waals surface area contributed by atoms with Crippen molar-refractivity contribution in [2.45, 2.75) is 12.9 Å². The number of hydrogen-bond donors (Lipinski definition) is 1. The van der Waals surface area contributed by atoms with Crippen molar-refractivity contribution in [2.75, 3.05) is 5.32 Å². The Kier molecular flexibility index (Phi) is 6.50. The Balaban J connectivity index is 1.64. The molecule has 1 heterocycles. The molecule has 0 aliphatic rings. The summed E-state index contributed by atoms with van der Waals surface area (Å²) in [6, 6.07) is 13.8. The highest BCUT2D eigenvalue weighted by atomic mass is 35.5. The zero-order valence-electron chi connectivity index (χ0n) is 14.5. The molecular weight excluding hydrogens is 430 g/mol. The molecule has 6 nitrogen and oxygen atoms in total. The molecule has 3 aromatic rings. The van der Waals surface area contributed by atoms with Crippen molar-refractivity contribution in [3.05, 3.63) is 70.3 Å². The summed E-state index contributed by atoms with van der Waals surface area (Å²) in [6.45, 7) is 0.113. The minimum Gasteiger partial charge on any atom is -0.406 e. The minimum atomic E-state index is -4.73. The van der Waals surface area contributed by atoms with E-state index in [1.807, 2.05) is 0 Å². The molecule has 1 aromatic heterocycles. The number of hydrogen-bond acceptors (Lipinski definition) is 6. The molecule has 3 rings (SSSR count). The van der Waals surface area contributed by atoms with Gasteiger partial charge in [-0.15, -0.1) is 18.3 Å². The Morgan fingerprint density at radius 1 is 0.966 bits per heavy atom. The van der Waals surface area contributed by atoms with Crippen LogP contribution in [-0.4, -0.2) is 16.3 Å². The van der Waals surface area contributed by atoms with Gasteiger partial charge in [0.15, 0.2) is 0 Å². The smallest absolute Gasteiger partial charge is 0.406 e. The summed E-state index contributed by atoms with van der Waals surface area (Å²) in [5.74, 6) is 0.134. The number of anilines is 2. The number of halogens is 5. The molecule has 0 spiro atoms. The van der Waals surface area contributed by atoms with Gasteiger partial charge in [-0.05, 0) is 42.0 Å². The van der Waals surface area contributed by atoms with E-state index in [9.17, 15) is 13.2 Å². The fourth-order valence-electron chi connectivity index (χ4n) is 2.17. The third-order valence-electron chi connectivity index (χ3n) is 3.37. The summed E-state index contributed by atoms with van der Waals surface area (Å²) >= 11 is 11.8. The van der Waals surface area contributed by atoms with E-state index in [1.165, 1.54) is 30.3 Å². The number of rotatable bonds is 6. The number of azo groups is 1. The van der Waals surface area contributed by atoms with E-state index in [4.69, 9.17) is 23.2 Å². The molecule has 0 aliphatic carbocycles. The van der Waals surface area contributed by atoms with Gasteiger partial charge in [0, 0.05) is 16.8 Å². The lowest BCUT2D eigenvalue weighted by Crippen LogP contribution is -2.16.